The number of nitrogen functional groups attached to an aromatic ring is 1. The molecular formula is C21H14ClN7. The topological polar surface area (TPSA) is 78.4 Å². The molecule has 4 heterocycles. The predicted octanol–water partition coefficient (Wildman–Crippen LogP) is 4.83. The van der Waals surface area contributed by atoms with Gasteiger partial charge in [0.25, 0.3) is 0 Å². The number of pyridine rings is 2. The molecule has 140 valence electrons. The van der Waals surface area contributed by atoms with Crippen molar-refractivity contribution in [3.8, 4) is 16.8 Å². The molecular weight excluding hydrogens is 386 g/mol. The molecule has 0 saturated heterocycles. The zero-order chi connectivity index (χ0) is 20.1. The summed E-state index contributed by atoms with van der Waals surface area (Å²) in [5.41, 5.74) is 12.1. The first-order valence-corrected chi connectivity index (χ1v) is 9.17. The van der Waals surface area contributed by atoms with E-state index >= 15 is 0 Å². The molecule has 4 aromatic heterocycles. The molecule has 5 aromatic rings. The van der Waals surface area contributed by atoms with Gasteiger partial charge >= 0.3 is 0 Å². The third-order valence-corrected chi connectivity index (χ3v) is 5.42. The fourth-order valence-corrected chi connectivity index (χ4v) is 3.72. The standard InChI is InChI=1S/C21H14ClN7/c1-12-5-19-14(7-18(12)24-2)16(15-8-25-9-17(23)21(15)22)10-29(19)13-3-4-28-11-26-27-20(28)6-13/h3-11H,23H2,1H3. The molecule has 0 bridgehead atoms. The smallest absolute Gasteiger partial charge is 0.190 e. The van der Waals surface area contributed by atoms with Gasteiger partial charge in [0.1, 0.15) is 6.33 Å². The van der Waals surface area contributed by atoms with Crippen molar-refractivity contribution in [3.63, 3.8) is 0 Å². The van der Waals surface area contributed by atoms with Gasteiger partial charge in [0.2, 0.25) is 0 Å². The maximum absolute atomic E-state index is 7.50. The van der Waals surface area contributed by atoms with Gasteiger partial charge in [0.05, 0.1) is 34.7 Å². The molecule has 0 aliphatic rings. The summed E-state index contributed by atoms with van der Waals surface area (Å²) in [4.78, 5) is 7.86. The molecule has 0 fully saturated rings. The molecule has 0 amide bonds. The van der Waals surface area contributed by atoms with Gasteiger partial charge in [-0.3, -0.25) is 9.38 Å². The summed E-state index contributed by atoms with van der Waals surface area (Å²) in [6.07, 6.45) is 8.77. The molecule has 8 heteroatoms. The quantitative estimate of drug-likeness (QED) is 0.431. The summed E-state index contributed by atoms with van der Waals surface area (Å²) < 4.78 is 3.90. The lowest BCUT2D eigenvalue weighted by molar-refractivity contribution is 1.09. The number of aromatic nitrogens is 5. The Morgan fingerprint density at radius 2 is 2.03 bits per heavy atom. The lowest BCUT2D eigenvalue weighted by Gasteiger charge is -2.07. The van der Waals surface area contributed by atoms with Crippen LogP contribution in [0, 0.1) is 13.5 Å². The van der Waals surface area contributed by atoms with Gasteiger partial charge in [-0.05, 0) is 36.1 Å². The van der Waals surface area contributed by atoms with Gasteiger partial charge in [-0.1, -0.05) is 11.6 Å². The number of hydrogen-bond donors (Lipinski definition) is 1. The van der Waals surface area contributed by atoms with Crippen LogP contribution < -0.4 is 5.73 Å². The molecule has 0 unspecified atom stereocenters. The average Bonchev–Trinajstić information content (AvgIpc) is 3.33. The Hall–Kier alpha value is -3.89. The zero-order valence-corrected chi connectivity index (χ0v) is 16.1. The first kappa shape index (κ1) is 17.2. The molecule has 2 N–H and O–H groups in total. The Morgan fingerprint density at radius 1 is 1.17 bits per heavy atom. The predicted molar refractivity (Wildman–Crippen MR) is 113 cm³/mol. The molecule has 1 aromatic carbocycles. The van der Waals surface area contributed by atoms with Gasteiger partial charge in [-0.15, -0.1) is 10.2 Å². The van der Waals surface area contributed by atoms with Crippen molar-refractivity contribution in [2.45, 2.75) is 6.92 Å². The van der Waals surface area contributed by atoms with E-state index in [1.807, 2.05) is 48.0 Å². The normalized spacial score (nSPS) is 11.2. The number of fused-ring (bicyclic) bond motifs is 2. The minimum absolute atomic E-state index is 0.410. The molecule has 0 aliphatic heterocycles. The molecule has 0 saturated carbocycles. The Morgan fingerprint density at radius 3 is 2.86 bits per heavy atom. The first-order chi connectivity index (χ1) is 14.1. The number of aryl methyl sites for hydroxylation is 1. The summed E-state index contributed by atoms with van der Waals surface area (Å²) in [7, 11) is 0. The van der Waals surface area contributed by atoms with Crippen molar-refractivity contribution in [1.82, 2.24) is 24.1 Å². The number of rotatable bonds is 2. The van der Waals surface area contributed by atoms with Crippen molar-refractivity contribution in [1.29, 1.82) is 0 Å². The van der Waals surface area contributed by atoms with Gasteiger partial charge in [-0.2, -0.15) is 0 Å². The fourth-order valence-electron chi connectivity index (χ4n) is 3.52. The van der Waals surface area contributed by atoms with Crippen LogP contribution in [0.4, 0.5) is 11.4 Å². The maximum atomic E-state index is 7.50. The van der Waals surface area contributed by atoms with E-state index in [1.165, 1.54) is 6.20 Å². The number of nitrogens with zero attached hydrogens (tertiary/aromatic N) is 6. The van der Waals surface area contributed by atoms with E-state index in [1.54, 1.807) is 12.5 Å². The van der Waals surface area contributed by atoms with Crippen molar-refractivity contribution in [3.05, 3.63) is 77.4 Å². The maximum Gasteiger partial charge on any atom is 0.190 e. The molecule has 5 rings (SSSR count). The third-order valence-electron chi connectivity index (χ3n) is 5.00. The third kappa shape index (κ3) is 2.62. The largest absolute Gasteiger partial charge is 0.396 e. The second-order valence-corrected chi connectivity index (χ2v) is 7.13. The summed E-state index contributed by atoms with van der Waals surface area (Å²) >= 11 is 6.50. The van der Waals surface area contributed by atoms with Gasteiger partial charge in [-0.25, -0.2) is 4.85 Å². The van der Waals surface area contributed by atoms with Crippen LogP contribution in [0.25, 0.3) is 38.2 Å². The van der Waals surface area contributed by atoms with Crippen LogP contribution in [0.5, 0.6) is 0 Å². The number of benzene rings is 1. The van der Waals surface area contributed by atoms with Crippen LogP contribution in [-0.4, -0.2) is 24.1 Å². The lowest BCUT2D eigenvalue weighted by atomic mass is 10.0. The van der Waals surface area contributed by atoms with Crippen molar-refractivity contribution >= 4 is 39.5 Å². The van der Waals surface area contributed by atoms with E-state index in [0.717, 1.165) is 38.9 Å². The van der Waals surface area contributed by atoms with Gasteiger partial charge in [0, 0.05) is 35.8 Å². The van der Waals surface area contributed by atoms with E-state index in [2.05, 4.69) is 24.6 Å². The van der Waals surface area contributed by atoms with Crippen LogP contribution in [0.3, 0.4) is 0 Å². The van der Waals surface area contributed by atoms with E-state index < -0.39 is 0 Å². The number of hydrogen-bond acceptors (Lipinski definition) is 4. The molecule has 7 nitrogen and oxygen atoms in total. The van der Waals surface area contributed by atoms with Crippen molar-refractivity contribution in [2.75, 3.05) is 5.73 Å². The Labute approximate surface area is 170 Å². The van der Waals surface area contributed by atoms with Crippen LogP contribution in [0.2, 0.25) is 5.02 Å². The Kier molecular flexibility index (Phi) is 3.76. The lowest BCUT2D eigenvalue weighted by Crippen LogP contribution is -1.94. The molecule has 0 atom stereocenters. The van der Waals surface area contributed by atoms with Crippen LogP contribution in [0.1, 0.15) is 5.56 Å². The second kappa shape index (κ2) is 6.33. The molecule has 0 aliphatic carbocycles. The van der Waals surface area contributed by atoms with Crippen molar-refractivity contribution in [2.24, 2.45) is 0 Å². The number of nitrogens with two attached hydrogens (primary N) is 1. The summed E-state index contributed by atoms with van der Waals surface area (Å²) in [5.74, 6) is 0. The van der Waals surface area contributed by atoms with Crippen LogP contribution in [-0.2, 0) is 0 Å². The minimum Gasteiger partial charge on any atom is -0.396 e. The monoisotopic (exact) mass is 399 g/mol. The van der Waals surface area contributed by atoms with Crippen LogP contribution in [0.15, 0.2) is 55.4 Å². The van der Waals surface area contributed by atoms with E-state index in [4.69, 9.17) is 23.9 Å². The minimum atomic E-state index is 0.410. The highest BCUT2D eigenvalue weighted by atomic mass is 35.5. The zero-order valence-electron chi connectivity index (χ0n) is 15.3. The Bertz CT molecular complexity index is 1460. The molecule has 29 heavy (non-hydrogen) atoms. The summed E-state index contributed by atoms with van der Waals surface area (Å²) in [6.45, 7) is 9.43. The SMILES string of the molecule is [C-]#[N+]c1cc2c(-c3cncc(N)c3Cl)cn(-c3ccn4cnnc4c3)c2cc1C. The van der Waals surface area contributed by atoms with Gasteiger partial charge < -0.3 is 10.3 Å². The average molecular weight is 400 g/mol. The number of halogens is 1. The highest BCUT2D eigenvalue weighted by Gasteiger charge is 2.17. The second-order valence-electron chi connectivity index (χ2n) is 6.75. The highest BCUT2D eigenvalue weighted by Crippen LogP contribution is 2.40. The molecule has 0 spiro atoms. The number of anilines is 1. The highest BCUT2D eigenvalue weighted by molar-refractivity contribution is 6.36. The van der Waals surface area contributed by atoms with Gasteiger partial charge in [0.15, 0.2) is 11.3 Å². The summed E-state index contributed by atoms with van der Waals surface area (Å²) in [5, 5.41) is 9.41. The van der Waals surface area contributed by atoms with E-state index in [9.17, 15) is 0 Å². The van der Waals surface area contributed by atoms with E-state index in [0.29, 0.717) is 16.4 Å². The van der Waals surface area contributed by atoms with Crippen molar-refractivity contribution < 1.29 is 0 Å². The van der Waals surface area contributed by atoms with Crippen LogP contribution >= 0.6 is 11.6 Å². The molecule has 0 radical (unpaired) electrons. The summed E-state index contributed by atoms with van der Waals surface area (Å²) in [6, 6.07) is 7.83. The fraction of sp³-hybridized carbons (Fsp3) is 0.0476. The van der Waals surface area contributed by atoms with E-state index in [-0.39, 0.29) is 0 Å². The first-order valence-electron chi connectivity index (χ1n) is 8.79. The Balaban J connectivity index is 1.86.